The van der Waals surface area contributed by atoms with E-state index in [4.69, 9.17) is 0 Å². The quantitative estimate of drug-likeness (QED) is 0.249. The zero-order valence-corrected chi connectivity index (χ0v) is 24.2. The molecule has 3 aromatic rings. The van der Waals surface area contributed by atoms with Crippen LogP contribution in [0.3, 0.4) is 0 Å². The number of carbonyl (C=O) groups excluding carboxylic acids is 1. The number of fused-ring (bicyclic) bond motifs is 1. The minimum atomic E-state index is -4.27. The van der Waals surface area contributed by atoms with Gasteiger partial charge in [0.2, 0.25) is 10.0 Å². The van der Waals surface area contributed by atoms with Crippen LogP contribution in [0, 0.1) is 0 Å². The summed E-state index contributed by atoms with van der Waals surface area (Å²) >= 11 is 1.05. The maximum absolute atomic E-state index is 12.9. The fourth-order valence-electron chi connectivity index (χ4n) is 4.83. The number of anilines is 1. The normalized spacial score (nSPS) is 17.6. The molecule has 14 heteroatoms. The Labute approximate surface area is 241 Å². The minimum Gasteiger partial charge on any atom is -0.356 e. The molecule has 0 spiro atoms. The van der Waals surface area contributed by atoms with Gasteiger partial charge in [0.05, 0.1) is 11.8 Å². The van der Waals surface area contributed by atoms with E-state index in [1.54, 1.807) is 18.2 Å². The number of hydrogen-bond donors (Lipinski definition) is 3. The topological polar surface area (TPSA) is 116 Å². The molecule has 3 N–H and O–H groups in total. The number of aromatic nitrogens is 2. The van der Waals surface area contributed by atoms with Crippen LogP contribution < -0.4 is 20.3 Å². The van der Waals surface area contributed by atoms with Gasteiger partial charge in [0.15, 0.2) is 0 Å². The predicted molar refractivity (Wildman–Crippen MR) is 154 cm³/mol. The van der Waals surface area contributed by atoms with E-state index >= 15 is 0 Å². The van der Waals surface area contributed by atoms with E-state index in [1.165, 1.54) is 6.33 Å². The van der Waals surface area contributed by atoms with Crippen molar-refractivity contribution < 1.29 is 26.4 Å². The number of sulfonamides is 1. The van der Waals surface area contributed by atoms with Gasteiger partial charge in [-0.25, -0.2) is 23.1 Å². The van der Waals surface area contributed by atoms with Crippen molar-refractivity contribution in [1.29, 1.82) is 0 Å². The van der Waals surface area contributed by atoms with Crippen molar-refractivity contribution >= 4 is 43.3 Å². The molecule has 0 saturated heterocycles. The molecule has 0 radical (unpaired) electrons. The van der Waals surface area contributed by atoms with Gasteiger partial charge in [-0.3, -0.25) is 4.79 Å². The third-order valence-electron chi connectivity index (χ3n) is 6.99. The molecule has 4 rings (SSSR count). The number of rotatable bonds is 13. The standard InChI is InChI=1S/C27H33F3N6O3S2/c1-3-41(38,39)35-12-4-11-31-25(37)19-7-5-18(6-8-19)16-32-20-9-10-21(13-20)36(2)24-23-14-22(15-27(28,29)30)40-26(23)34-17-33-24/h3,5-8,14,17,20-21,32,35H,1,4,9-13,15-16H2,2H3,(H,31,37)/t20-,21+/m0/s1. The lowest BCUT2D eigenvalue weighted by molar-refractivity contribution is -0.126. The van der Waals surface area contributed by atoms with Crippen LogP contribution in [-0.2, 0) is 23.0 Å². The first-order valence-electron chi connectivity index (χ1n) is 13.2. The Kier molecular flexibility index (Phi) is 10.00. The molecule has 2 atom stereocenters. The highest BCUT2D eigenvalue weighted by Gasteiger charge is 2.31. The minimum absolute atomic E-state index is 0.190. The Balaban J connectivity index is 1.24. The van der Waals surface area contributed by atoms with Crippen molar-refractivity contribution in [3.8, 4) is 0 Å². The van der Waals surface area contributed by atoms with Crippen molar-refractivity contribution in [1.82, 2.24) is 25.3 Å². The molecule has 1 aliphatic carbocycles. The zero-order chi connectivity index (χ0) is 29.6. The van der Waals surface area contributed by atoms with Crippen LogP contribution in [0.4, 0.5) is 19.0 Å². The number of alkyl halides is 3. The third kappa shape index (κ3) is 8.71. The maximum atomic E-state index is 12.9. The fourth-order valence-corrected chi connectivity index (χ4v) is 6.40. The fraction of sp³-hybridized carbons (Fsp3) is 0.444. The number of nitrogens with zero attached hydrogens (tertiary/aromatic N) is 3. The number of carbonyl (C=O) groups is 1. The summed E-state index contributed by atoms with van der Waals surface area (Å²) in [6, 6.07) is 9.32. The Morgan fingerprint density at radius 3 is 2.66 bits per heavy atom. The molecule has 1 saturated carbocycles. The summed E-state index contributed by atoms with van der Waals surface area (Å²) in [7, 11) is -1.53. The average molecular weight is 611 g/mol. The highest BCUT2D eigenvalue weighted by Crippen LogP contribution is 2.35. The van der Waals surface area contributed by atoms with Gasteiger partial charge in [0, 0.05) is 54.6 Å². The number of thiophene rings is 1. The molecule has 222 valence electrons. The summed E-state index contributed by atoms with van der Waals surface area (Å²) in [5, 5.41) is 7.83. The van der Waals surface area contributed by atoms with E-state index in [0.29, 0.717) is 41.1 Å². The van der Waals surface area contributed by atoms with Crippen molar-refractivity contribution in [2.45, 2.75) is 56.9 Å². The molecule has 0 aliphatic heterocycles. The van der Waals surface area contributed by atoms with E-state index in [2.05, 4.69) is 36.8 Å². The van der Waals surface area contributed by atoms with Crippen LogP contribution in [0.25, 0.3) is 10.2 Å². The van der Waals surface area contributed by atoms with Gasteiger partial charge in [-0.05, 0) is 49.4 Å². The van der Waals surface area contributed by atoms with E-state index in [1.807, 2.05) is 19.2 Å². The summed E-state index contributed by atoms with van der Waals surface area (Å²) in [6.45, 7) is 4.40. The predicted octanol–water partition coefficient (Wildman–Crippen LogP) is 4.13. The second-order valence-corrected chi connectivity index (χ2v) is 12.8. The Bertz CT molecular complexity index is 1460. The van der Waals surface area contributed by atoms with Gasteiger partial charge in [-0.1, -0.05) is 18.7 Å². The molecule has 1 fully saturated rings. The van der Waals surface area contributed by atoms with Crippen LogP contribution in [-0.4, -0.2) is 62.7 Å². The summed E-state index contributed by atoms with van der Waals surface area (Å²) < 4.78 is 63.7. The lowest BCUT2D eigenvalue weighted by Gasteiger charge is -2.26. The molecule has 0 unspecified atom stereocenters. The summed E-state index contributed by atoms with van der Waals surface area (Å²) in [4.78, 5) is 23.8. The number of nitrogens with one attached hydrogen (secondary N) is 3. The molecule has 0 bridgehead atoms. The van der Waals surface area contributed by atoms with Crippen LogP contribution in [0.15, 0.2) is 48.6 Å². The van der Waals surface area contributed by atoms with Crippen LogP contribution in [0.5, 0.6) is 0 Å². The lowest BCUT2D eigenvalue weighted by atomic mass is 10.1. The van der Waals surface area contributed by atoms with Crippen molar-refractivity contribution in [2.24, 2.45) is 0 Å². The first-order chi connectivity index (χ1) is 19.4. The smallest absolute Gasteiger partial charge is 0.356 e. The van der Waals surface area contributed by atoms with Crippen LogP contribution >= 0.6 is 11.3 Å². The van der Waals surface area contributed by atoms with E-state index in [0.717, 1.165) is 41.6 Å². The maximum Gasteiger partial charge on any atom is 0.393 e. The third-order valence-corrected chi connectivity index (χ3v) is 9.08. The second-order valence-electron chi connectivity index (χ2n) is 9.99. The number of amides is 1. The van der Waals surface area contributed by atoms with Gasteiger partial charge in [0.1, 0.15) is 17.0 Å². The van der Waals surface area contributed by atoms with Gasteiger partial charge in [0.25, 0.3) is 5.91 Å². The molecule has 9 nitrogen and oxygen atoms in total. The first-order valence-corrected chi connectivity index (χ1v) is 15.6. The second kappa shape index (κ2) is 13.3. The molecule has 2 heterocycles. The zero-order valence-electron chi connectivity index (χ0n) is 22.6. The van der Waals surface area contributed by atoms with Gasteiger partial charge < -0.3 is 15.5 Å². The van der Waals surface area contributed by atoms with E-state index < -0.39 is 22.6 Å². The Morgan fingerprint density at radius 1 is 1.20 bits per heavy atom. The molecular weight excluding hydrogens is 577 g/mol. The van der Waals surface area contributed by atoms with E-state index in [9.17, 15) is 26.4 Å². The van der Waals surface area contributed by atoms with Crippen molar-refractivity contribution in [3.05, 3.63) is 64.7 Å². The highest BCUT2D eigenvalue weighted by molar-refractivity contribution is 7.92. The Morgan fingerprint density at radius 2 is 1.95 bits per heavy atom. The van der Waals surface area contributed by atoms with Crippen molar-refractivity contribution in [2.75, 3.05) is 25.0 Å². The molecule has 41 heavy (non-hydrogen) atoms. The van der Waals surface area contributed by atoms with Crippen LogP contribution in [0.1, 0.15) is 46.5 Å². The summed E-state index contributed by atoms with van der Waals surface area (Å²) in [5.74, 6) is 0.421. The largest absolute Gasteiger partial charge is 0.393 e. The van der Waals surface area contributed by atoms with Crippen molar-refractivity contribution in [3.63, 3.8) is 0 Å². The molecule has 1 amide bonds. The molecular formula is C27H33F3N6O3S2. The lowest BCUT2D eigenvalue weighted by Crippen LogP contribution is -2.33. The number of hydrogen-bond acceptors (Lipinski definition) is 8. The number of halogens is 3. The monoisotopic (exact) mass is 610 g/mol. The summed E-state index contributed by atoms with van der Waals surface area (Å²) in [5.41, 5.74) is 1.55. The first kappa shape index (κ1) is 30.9. The summed E-state index contributed by atoms with van der Waals surface area (Å²) in [6.07, 6.45) is -0.637. The molecule has 1 aliphatic rings. The average Bonchev–Trinajstić information content (AvgIpc) is 3.57. The van der Waals surface area contributed by atoms with E-state index in [-0.39, 0.29) is 29.4 Å². The van der Waals surface area contributed by atoms with Gasteiger partial charge in [-0.15, -0.1) is 11.3 Å². The molecule has 1 aromatic carbocycles. The number of benzene rings is 1. The van der Waals surface area contributed by atoms with Gasteiger partial charge in [-0.2, -0.15) is 13.2 Å². The van der Waals surface area contributed by atoms with Crippen LogP contribution in [0.2, 0.25) is 0 Å². The van der Waals surface area contributed by atoms with Gasteiger partial charge >= 0.3 is 6.18 Å². The molecule has 2 aromatic heterocycles. The highest BCUT2D eigenvalue weighted by atomic mass is 32.2. The SMILES string of the molecule is C=CS(=O)(=O)NCCCNC(=O)c1ccc(CN[C@H]2CC[C@@H](N(C)c3ncnc4sc(CC(F)(F)F)cc34)C2)cc1. The Hall–Kier alpha value is -3.07.